The zero-order valence-corrected chi connectivity index (χ0v) is 21.5. The van der Waals surface area contributed by atoms with E-state index in [-0.39, 0.29) is 5.91 Å². The van der Waals surface area contributed by atoms with Gasteiger partial charge in [-0.15, -0.1) is 0 Å². The van der Waals surface area contributed by atoms with Crippen LogP contribution in [0.5, 0.6) is 11.5 Å². The van der Waals surface area contributed by atoms with Crippen LogP contribution in [-0.2, 0) is 11.4 Å². The molecule has 1 aliphatic rings. The highest BCUT2D eigenvalue weighted by molar-refractivity contribution is 9.10. The quantitative estimate of drug-likeness (QED) is 0.264. The Morgan fingerprint density at radius 3 is 2.70 bits per heavy atom. The molecule has 33 heavy (non-hydrogen) atoms. The van der Waals surface area contributed by atoms with Gasteiger partial charge >= 0.3 is 0 Å². The minimum atomic E-state index is -0.137. The van der Waals surface area contributed by atoms with Crippen molar-refractivity contribution in [2.24, 2.45) is 0 Å². The number of hydrogen-bond donors (Lipinski definition) is 0. The summed E-state index contributed by atoms with van der Waals surface area (Å²) in [6, 6.07) is 15.4. The van der Waals surface area contributed by atoms with Gasteiger partial charge in [-0.2, -0.15) is 0 Å². The van der Waals surface area contributed by atoms with Crippen LogP contribution < -0.4 is 14.4 Å². The summed E-state index contributed by atoms with van der Waals surface area (Å²) in [5, 5.41) is 0. The maximum atomic E-state index is 13.2. The van der Waals surface area contributed by atoms with Gasteiger partial charge in [0.15, 0.2) is 15.8 Å². The molecule has 0 spiro atoms. The molecular formula is C25H21BrN2O3S2. The average molecular weight is 541 g/mol. The lowest BCUT2D eigenvalue weighted by Crippen LogP contribution is -2.28. The summed E-state index contributed by atoms with van der Waals surface area (Å²) < 4.78 is 12.7. The SMILES string of the molecule is COc1cc(/C=C2\SC(=S)N(c3ccc(C)cc3C)C2=O)cc(Br)c1OCc1ccccn1. The first-order valence-electron chi connectivity index (χ1n) is 10.1. The van der Waals surface area contributed by atoms with Gasteiger partial charge in [-0.25, -0.2) is 0 Å². The fourth-order valence-electron chi connectivity index (χ4n) is 3.48. The molecule has 1 saturated heterocycles. The van der Waals surface area contributed by atoms with Crippen LogP contribution in [0.4, 0.5) is 5.69 Å². The number of nitrogens with zero attached hydrogens (tertiary/aromatic N) is 2. The van der Waals surface area contributed by atoms with E-state index in [0.717, 1.165) is 28.1 Å². The number of aryl methyl sites for hydroxylation is 2. The lowest BCUT2D eigenvalue weighted by atomic mass is 10.1. The fraction of sp³-hybridized carbons (Fsp3) is 0.160. The number of pyridine rings is 1. The normalized spacial score (nSPS) is 14.8. The van der Waals surface area contributed by atoms with E-state index in [0.29, 0.717) is 31.8 Å². The molecule has 0 N–H and O–H groups in total. The molecule has 1 aromatic heterocycles. The number of carbonyl (C=O) groups excluding carboxylic acids is 1. The highest BCUT2D eigenvalue weighted by atomic mass is 79.9. The van der Waals surface area contributed by atoms with Crippen molar-refractivity contribution in [2.45, 2.75) is 20.5 Å². The van der Waals surface area contributed by atoms with Crippen LogP contribution in [-0.4, -0.2) is 22.3 Å². The first-order valence-corrected chi connectivity index (χ1v) is 12.1. The number of rotatable bonds is 6. The van der Waals surface area contributed by atoms with E-state index in [1.54, 1.807) is 18.2 Å². The Labute approximate surface area is 210 Å². The predicted octanol–water partition coefficient (Wildman–Crippen LogP) is 6.45. The van der Waals surface area contributed by atoms with Gasteiger partial charge in [0.05, 0.1) is 27.9 Å². The lowest BCUT2D eigenvalue weighted by Gasteiger charge is -2.17. The second-order valence-electron chi connectivity index (χ2n) is 7.45. The van der Waals surface area contributed by atoms with Crippen LogP contribution in [0.15, 0.2) is 64.1 Å². The highest BCUT2D eigenvalue weighted by Crippen LogP contribution is 2.41. The Balaban J connectivity index is 1.60. The molecule has 1 fully saturated rings. The van der Waals surface area contributed by atoms with Gasteiger partial charge < -0.3 is 9.47 Å². The molecule has 0 atom stereocenters. The standard InChI is InChI=1S/C25H21BrN2O3S2/c1-15-7-8-20(16(2)10-15)28-24(29)22(33-25(28)32)13-17-11-19(26)23(21(12-17)30-3)31-14-18-6-4-5-9-27-18/h4-13H,14H2,1-3H3/b22-13-. The zero-order chi connectivity index (χ0) is 23.5. The van der Waals surface area contributed by atoms with Crippen LogP contribution in [0.1, 0.15) is 22.4 Å². The van der Waals surface area contributed by atoms with E-state index < -0.39 is 0 Å². The van der Waals surface area contributed by atoms with Crippen LogP contribution in [0.25, 0.3) is 6.08 Å². The second-order valence-corrected chi connectivity index (χ2v) is 9.98. The van der Waals surface area contributed by atoms with Crippen molar-refractivity contribution in [1.29, 1.82) is 0 Å². The molecular weight excluding hydrogens is 520 g/mol. The highest BCUT2D eigenvalue weighted by Gasteiger charge is 2.34. The van der Waals surface area contributed by atoms with Crippen LogP contribution >= 0.6 is 39.9 Å². The number of ether oxygens (including phenoxy) is 2. The molecule has 2 heterocycles. The number of benzene rings is 2. The predicted molar refractivity (Wildman–Crippen MR) is 141 cm³/mol. The van der Waals surface area contributed by atoms with Crippen LogP contribution in [0, 0.1) is 13.8 Å². The zero-order valence-electron chi connectivity index (χ0n) is 18.3. The van der Waals surface area contributed by atoms with Gasteiger partial charge in [0.25, 0.3) is 5.91 Å². The molecule has 0 aliphatic carbocycles. The molecule has 0 radical (unpaired) electrons. The monoisotopic (exact) mass is 540 g/mol. The molecule has 2 aromatic carbocycles. The van der Waals surface area contributed by atoms with E-state index >= 15 is 0 Å². The van der Waals surface area contributed by atoms with Crippen LogP contribution in [0.3, 0.4) is 0 Å². The van der Waals surface area contributed by atoms with E-state index in [1.807, 2.05) is 68.5 Å². The van der Waals surface area contributed by atoms with Gasteiger partial charge in [-0.1, -0.05) is 47.7 Å². The molecule has 168 valence electrons. The summed E-state index contributed by atoms with van der Waals surface area (Å²) in [6.07, 6.45) is 3.54. The largest absolute Gasteiger partial charge is 0.493 e. The summed E-state index contributed by atoms with van der Waals surface area (Å²) in [5.41, 5.74) is 4.56. The van der Waals surface area contributed by atoms with Crippen molar-refractivity contribution in [3.63, 3.8) is 0 Å². The summed E-state index contributed by atoms with van der Waals surface area (Å²) in [6.45, 7) is 4.32. The molecule has 1 amide bonds. The molecule has 5 nitrogen and oxygen atoms in total. The number of methoxy groups -OCH3 is 1. The first kappa shape index (κ1) is 23.5. The topological polar surface area (TPSA) is 51.7 Å². The Morgan fingerprint density at radius 2 is 2.00 bits per heavy atom. The number of thioether (sulfide) groups is 1. The van der Waals surface area contributed by atoms with E-state index in [2.05, 4.69) is 20.9 Å². The van der Waals surface area contributed by atoms with Gasteiger partial charge in [-0.05, 0) is 77.3 Å². The number of anilines is 1. The number of hydrogen-bond acceptors (Lipinski definition) is 6. The van der Waals surface area contributed by atoms with Crippen molar-refractivity contribution in [3.05, 3.63) is 86.5 Å². The van der Waals surface area contributed by atoms with Gasteiger partial charge in [0.1, 0.15) is 6.61 Å². The summed E-state index contributed by atoms with van der Waals surface area (Å²) >= 11 is 10.4. The molecule has 4 rings (SSSR count). The average Bonchev–Trinajstić information content (AvgIpc) is 3.06. The molecule has 0 unspecified atom stereocenters. The number of halogens is 1. The van der Waals surface area contributed by atoms with Crippen molar-refractivity contribution < 1.29 is 14.3 Å². The first-order chi connectivity index (χ1) is 15.9. The minimum Gasteiger partial charge on any atom is -0.493 e. The number of aromatic nitrogens is 1. The van der Waals surface area contributed by atoms with Crippen molar-refractivity contribution in [3.8, 4) is 11.5 Å². The Morgan fingerprint density at radius 1 is 1.18 bits per heavy atom. The third-order valence-corrected chi connectivity index (χ3v) is 6.92. The van der Waals surface area contributed by atoms with Gasteiger partial charge in [-0.3, -0.25) is 14.7 Å². The molecule has 8 heteroatoms. The molecule has 0 saturated carbocycles. The Hall–Kier alpha value is -2.68. The van der Waals surface area contributed by atoms with Crippen molar-refractivity contribution >= 4 is 61.9 Å². The van der Waals surface area contributed by atoms with E-state index in [1.165, 1.54) is 11.8 Å². The van der Waals surface area contributed by atoms with Crippen LogP contribution in [0.2, 0.25) is 0 Å². The maximum Gasteiger partial charge on any atom is 0.270 e. The van der Waals surface area contributed by atoms with Gasteiger partial charge in [0.2, 0.25) is 0 Å². The Bertz CT molecular complexity index is 1260. The number of amides is 1. The Kier molecular flexibility index (Phi) is 7.17. The molecule has 3 aromatic rings. The molecule has 1 aliphatic heterocycles. The summed E-state index contributed by atoms with van der Waals surface area (Å²) in [7, 11) is 1.58. The second kappa shape index (κ2) is 10.1. The molecule has 0 bridgehead atoms. The maximum absolute atomic E-state index is 13.2. The number of thiocarbonyl (C=S) groups is 1. The smallest absolute Gasteiger partial charge is 0.270 e. The van der Waals surface area contributed by atoms with Crippen molar-refractivity contribution in [1.82, 2.24) is 4.98 Å². The summed E-state index contributed by atoms with van der Waals surface area (Å²) in [4.78, 5) is 19.6. The van der Waals surface area contributed by atoms with E-state index in [4.69, 9.17) is 21.7 Å². The number of carbonyl (C=O) groups is 1. The third-order valence-electron chi connectivity index (χ3n) is 5.03. The lowest BCUT2D eigenvalue weighted by molar-refractivity contribution is -0.113. The van der Waals surface area contributed by atoms with Crippen molar-refractivity contribution in [2.75, 3.05) is 12.0 Å². The minimum absolute atomic E-state index is 0.137. The third kappa shape index (κ3) is 5.13. The van der Waals surface area contributed by atoms with Gasteiger partial charge in [0, 0.05) is 6.20 Å². The fourth-order valence-corrected chi connectivity index (χ4v) is 5.33. The summed E-state index contributed by atoms with van der Waals surface area (Å²) in [5.74, 6) is 0.988. The van der Waals surface area contributed by atoms with E-state index in [9.17, 15) is 4.79 Å².